The fraction of sp³-hybridized carbons (Fsp3) is 0.400. The van der Waals surface area contributed by atoms with Gasteiger partial charge in [-0.25, -0.2) is 4.98 Å². The maximum absolute atomic E-state index is 12.5. The van der Waals surface area contributed by atoms with Gasteiger partial charge in [-0.3, -0.25) is 4.79 Å². The quantitative estimate of drug-likeness (QED) is 0.802. The molecule has 2 aromatic rings. The van der Waals surface area contributed by atoms with Crippen LogP contribution in [0.2, 0.25) is 0 Å². The van der Waals surface area contributed by atoms with Crippen molar-refractivity contribution in [3.8, 4) is 0 Å². The van der Waals surface area contributed by atoms with Crippen molar-refractivity contribution < 1.29 is 4.79 Å². The molecule has 0 unspecified atom stereocenters. The molecule has 0 bridgehead atoms. The van der Waals surface area contributed by atoms with E-state index in [-0.39, 0.29) is 5.91 Å². The second-order valence-electron chi connectivity index (χ2n) is 6.15. The largest absolute Gasteiger partial charge is 0.354 e. The minimum atomic E-state index is 0.0106. The van der Waals surface area contributed by atoms with Crippen molar-refractivity contribution in [1.29, 1.82) is 0 Å². The fourth-order valence-electron chi connectivity index (χ4n) is 2.60. The predicted molar refractivity (Wildman–Crippen MR) is 99.9 cm³/mol. The predicted octanol–water partition coefficient (Wildman–Crippen LogP) is 4.70. The topological polar surface area (TPSA) is 45.2 Å². The number of benzene rings is 1. The SMILES string of the molecule is CCCN(CCC)C(=O)c1ccc(Nc2ccc(C)c(C)c2)cn1. The number of rotatable bonds is 7. The summed E-state index contributed by atoms with van der Waals surface area (Å²) in [5.41, 5.74) is 4.92. The molecule has 1 aromatic carbocycles. The second kappa shape index (κ2) is 8.48. The van der Waals surface area contributed by atoms with Crippen LogP contribution in [-0.2, 0) is 0 Å². The van der Waals surface area contributed by atoms with Crippen molar-refractivity contribution in [2.24, 2.45) is 0 Å². The Morgan fingerprint density at radius 3 is 2.21 bits per heavy atom. The van der Waals surface area contributed by atoms with Gasteiger partial charge in [0.05, 0.1) is 11.9 Å². The van der Waals surface area contributed by atoms with Crippen molar-refractivity contribution in [2.45, 2.75) is 40.5 Å². The minimum Gasteiger partial charge on any atom is -0.354 e. The zero-order valence-electron chi connectivity index (χ0n) is 15.1. The van der Waals surface area contributed by atoms with E-state index in [1.54, 1.807) is 12.3 Å². The molecule has 0 spiro atoms. The van der Waals surface area contributed by atoms with Crippen LogP contribution in [0.25, 0.3) is 0 Å². The number of nitrogens with one attached hydrogen (secondary N) is 1. The number of hydrogen-bond acceptors (Lipinski definition) is 3. The van der Waals surface area contributed by atoms with Crippen LogP contribution in [0, 0.1) is 13.8 Å². The van der Waals surface area contributed by atoms with Gasteiger partial charge >= 0.3 is 0 Å². The molecule has 0 atom stereocenters. The first-order valence-electron chi connectivity index (χ1n) is 8.64. The van der Waals surface area contributed by atoms with Gasteiger partial charge < -0.3 is 10.2 Å². The minimum absolute atomic E-state index is 0.0106. The van der Waals surface area contributed by atoms with Gasteiger partial charge in [0, 0.05) is 18.8 Å². The number of pyridine rings is 1. The van der Waals surface area contributed by atoms with E-state index in [4.69, 9.17) is 0 Å². The maximum atomic E-state index is 12.5. The molecule has 4 nitrogen and oxygen atoms in total. The van der Waals surface area contributed by atoms with E-state index < -0.39 is 0 Å². The number of amides is 1. The Labute approximate surface area is 144 Å². The molecule has 24 heavy (non-hydrogen) atoms. The Hall–Kier alpha value is -2.36. The molecule has 4 heteroatoms. The van der Waals surface area contributed by atoms with Gasteiger partial charge in [0.15, 0.2) is 0 Å². The Morgan fingerprint density at radius 2 is 1.67 bits per heavy atom. The highest BCUT2D eigenvalue weighted by molar-refractivity contribution is 5.92. The summed E-state index contributed by atoms with van der Waals surface area (Å²) in [4.78, 5) is 18.7. The highest BCUT2D eigenvalue weighted by atomic mass is 16.2. The van der Waals surface area contributed by atoms with Crippen LogP contribution in [0.15, 0.2) is 36.5 Å². The molecule has 1 N–H and O–H groups in total. The Bertz CT molecular complexity index is 674. The highest BCUT2D eigenvalue weighted by Gasteiger charge is 2.15. The van der Waals surface area contributed by atoms with Crippen molar-refractivity contribution in [3.63, 3.8) is 0 Å². The number of anilines is 2. The zero-order valence-corrected chi connectivity index (χ0v) is 15.1. The fourth-order valence-corrected chi connectivity index (χ4v) is 2.60. The summed E-state index contributed by atoms with van der Waals surface area (Å²) in [5, 5.41) is 3.33. The van der Waals surface area contributed by atoms with Crippen LogP contribution in [0.1, 0.15) is 48.3 Å². The maximum Gasteiger partial charge on any atom is 0.272 e. The lowest BCUT2D eigenvalue weighted by Gasteiger charge is -2.21. The summed E-state index contributed by atoms with van der Waals surface area (Å²) < 4.78 is 0. The average molecular weight is 325 g/mol. The van der Waals surface area contributed by atoms with Gasteiger partial charge in [0.25, 0.3) is 5.91 Å². The van der Waals surface area contributed by atoms with Crippen LogP contribution in [0.4, 0.5) is 11.4 Å². The van der Waals surface area contributed by atoms with E-state index in [1.165, 1.54) is 11.1 Å². The lowest BCUT2D eigenvalue weighted by Crippen LogP contribution is -2.33. The lowest BCUT2D eigenvalue weighted by molar-refractivity contribution is 0.0749. The standard InChI is InChI=1S/C20H27N3O/c1-5-11-23(12-6-2)20(24)19-10-9-18(14-21-19)22-17-8-7-15(3)16(4)13-17/h7-10,13-14,22H,5-6,11-12H2,1-4H3. The van der Waals surface area contributed by atoms with Gasteiger partial charge in [0.2, 0.25) is 0 Å². The monoisotopic (exact) mass is 325 g/mol. The highest BCUT2D eigenvalue weighted by Crippen LogP contribution is 2.19. The molecule has 0 radical (unpaired) electrons. The van der Waals surface area contributed by atoms with Crippen LogP contribution in [0.5, 0.6) is 0 Å². The summed E-state index contributed by atoms with van der Waals surface area (Å²) in [5.74, 6) is 0.0106. The first-order valence-corrected chi connectivity index (χ1v) is 8.64. The normalized spacial score (nSPS) is 10.5. The van der Waals surface area contributed by atoms with E-state index in [1.807, 2.05) is 17.0 Å². The van der Waals surface area contributed by atoms with Gasteiger partial charge in [-0.05, 0) is 62.1 Å². The summed E-state index contributed by atoms with van der Waals surface area (Å²) in [6, 6.07) is 9.95. The molecule has 0 aliphatic heterocycles. The Morgan fingerprint density at radius 1 is 1.00 bits per heavy atom. The summed E-state index contributed by atoms with van der Waals surface area (Å²) in [7, 11) is 0. The number of carbonyl (C=O) groups is 1. The van der Waals surface area contributed by atoms with Crippen molar-refractivity contribution in [3.05, 3.63) is 53.3 Å². The van der Waals surface area contributed by atoms with Gasteiger partial charge in [-0.1, -0.05) is 19.9 Å². The number of aryl methyl sites for hydroxylation is 2. The van der Waals surface area contributed by atoms with Gasteiger partial charge in [-0.15, -0.1) is 0 Å². The average Bonchev–Trinajstić information content (AvgIpc) is 2.58. The molecule has 1 amide bonds. The second-order valence-corrected chi connectivity index (χ2v) is 6.15. The van der Waals surface area contributed by atoms with E-state index in [0.717, 1.165) is 37.3 Å². The molecule has 1 aromatic heterocycles. The molecule has 2 rings (SSSR count). The lowest BCUT2D eigenvalue weighted by atomic mass is 10.1. The van der Waals surface area contributed by atoms with Crippen molar-refractivity contribution in [1.82, 2.24) is 9.88 Å². The molecule has 0 saturated heterocycles. The van der Waals surface area contributed by atoms with Crippen LogP contribution < -0.4 is 5.32 Å². The third-order valence-corrected chi connectivity index (χ3v) is 4.05. The molecule has 0 saturated carbocycles. The van der Waals surface area contributed by atoms with Crippen LogP contribution >= 0.6 is 0 Å². The van der Waals surface area contributed by atoms with E-state index in [9.17, 15) is 4.79 Å². The summed E-state index contributed by atoms with van der Waals surface area (Å²) >= 11 is 0. The molecular weight excluding hydrogens is 298 g/mol. The van der Waals surface area contributed by atoms with Gasteiger partial charge in [-0.2, -0.15) is 0 Å². The van der Waals surface area contributed by atoms with E-state index >= 15 is 0 Å². The first kappa shape index (κ1) is 18.0. The van der Waals surface area contributed by atoms with Crippen molar-refractivity contribution >= 4 is 17.3 Å². The number of hydrogen-bond donors (Lipinski definition) is 1. The number of aromatic nitrogens is 1. The number of nitrogens with zero attached hydrogens (tertiary/aromatic N) is 2. The molecule has 0 aliphatic rings. The molecule has 128 valence electrons. The number of carbonyl (C=O) groups excluding carboxylic acids is 1. The van der Waals surface area contributed by atoms with Crippen LogP contribution in [-0.4, -0.2) is 28.9 Å². The smallest absolute Gasteiger partial charge is 0.272 e. The third-order valence-electron chi connectivity index (χ3n) is 4.05. The first-order chi connectivity index (χ1) is 11.5. The molecular formula is C20H27N3O. The molecule has 0 aliphatic carbocycles. The third kappa shape index (κ3) is 4.57. The Balaban J connectivity index is 2.09. The summed E-state index contributed by atoms with van der Waals surface area (Å²) in [6.07, 6.45) is 3.63. The Kier molecular flexibility index (Phi) is 6.36. The van der Waals surface area contributed by atoms with Crippen molar-refractivity contribution in [2.75, 3.05) is 18.4 Å². The van der Waals surface area contributed by atoms with Crippen LogP contribution in [0.3, 0.4) is 0 Å². The molecule has 1 heterocycles. The summed E-state index contributed by atoms with van der Waals surface area (Å²) in [6.45, 7) is 9.91. The van der Waals surface area contributed by atoms with Gasteiger partial charge in [0.1, 0.15) is 5.69 Å². The molecule has 0 fully saturated rings. The van der Waals surface area contributed by atoms with E-state index in [0.29, 0.717) is 5.69 Å². The van der Waals surface area contributed by atoms with E-state index in [2.05, 4.69) is 50.1 Å². The zero-order chi connectivity index (χ0) is 17.5.